The van der Waals surface area contributed by atoms with E-state index in [9.17, 15) is 8.78 Å². The Morgan fingerprint density at radius 2 is 1.93 bits per heavy atom. The maximum atomic E-state index is 12.7. The lowest BCUT2D eigenvalue weighted by Crippen LogP contribution is -2.36. The fourth-order valence-corrected chi connectivity index (χ4v) is 2.57. The Hall–Kier alpha value is -2.57. The van der Waals surface area contributed by atoms with Crippen LogP contribution in [0.25, 0.3) is 0 Å². The summed E-state index contributed by atoms with van der Waals surface area (Å²) in [6, 6.07) is 6.64. The number of methoxy groups -OCH3 is 1. The first kappa shape index (κ1) is 22.7. The minimum atomic E-state index is -2.95. The first-order chi connectivity index (χ1) is 13.6. The molecule has 11 heteroatoms. The van der Waals surface area contributed by atoms with Crippen molar-refractivity contribution >= 4 is 29.9 Å². The summed E-state index contributed by atoms with van der Waals surface area (Å²) >= 11 is 0. The van der Waals surface area contributed by atoms with Gasteiger partial charge in [-0.1, -0.05) is 0 Å². The number of hydrogen-bond acceptors (Lipinski definition) is 6. The van der Waals surface area contributed by atoms with Gasteiger partial charge in [0.2, 0.25) is 12.7 Å². The Kier molecular flexibility index (Phi) is 8.49. The molecule has 0 amide bonds. The van der Waals surface area contributed by atoms with Gasteiger partial charge in [0, 0.05) is 44.0 Å². The minimum absolute atomic E-state index is 0. The van der Waals surface area contributed by atoms with Gasteiger partial charge >= 0.3 is 6.61 Å². The number of aliphatic imine (C=N–C) groups is 1. The van der Waals surface area contributed by atoms with Gasteiger partial charge in [0.1, 0.15) is 5.75 Å². The van der Waals surface area contributed by atoms with Crippen LogP contribution in [0.4, 0.5) is 8.78 Å². The van der Waals surface area contributed by atoms with Crippen LogP contribution in [0.5, 0.6) is 23.1 Å². The van der Waals surface area contributed by atoms with E-state index in [0.717, 1.165) is 5.56 Å². The molecule has 1 aliphatic rings. The highest BCUT2D eigenvalue weighted by Gasteiger charge is 2.20. The summed E-state index contributed by atoms with van der Waals surface area (Å²) < 4.78 is 45.6. The molecule has 3 rings (SSSR count). The van der Waals surface area contributed by atoms with Crippen molar-refractivity contribution in [1.29, 1.82) is 0 Å². The number of nitrogens with one attached hydrogen (secondary N) is 2. The summed E-state index contributed by atoms with van der Waals surface area (Å²) in [5.41, 5.74) is 1.43. The number of guanidine groups is 1. The van der Waals surface area contributed by atoms with E-state index in [1.165, 1.54) is 6.07 Å². The predicted molar refractivity (Wildman–Crippen MR) is 112 cm³/mol. The lowest BCUT2D eigenvalue weighted by molar-refractivity contribution is -0.0505. The van der Waals surface area contributed by atoms with Crippen molar-refractivity contribution in [2.24, 2.45) is 4.99 Å². The maximum absolute atomic E-state index is 12.7. The minimum Gasteiger partial charge on any atom is -0.481 e. The van der Waals surface area contributed by atoms with Crippen molar-refractivity contribution in [2.45, 2.75) is 19.7 Å². The van der Waals surface area contributed by atoms with Gasteiger partial charge in [-0.3, -0.25) is 4.99 Å². The molecule has 0 saturated heterocycles. The molecular weight excluding hydrogens is 501 g/mol. The molecule has 0 radical (unpaired) electrons. The van der Waals surface area contributed by atoms with E-state index in [0.29, 0.717) is 35.4 Å². The number of benzene rings is 1. The van der Waals surface area contributed by atoms with Crippen LogP contribution < -0.4 is 29.6 Å². The second-order valence-electron chi connectivity index (χ2n) is 5.68. The molecule has 1 aromatic heterocycles. The topological polar surface area (TPSA) is 86.2 Å². The van der Waals surface area contributed by atoms with Crippen LogP contribution in [0.1, 0.15) is 11.1 Å². The molecule has 158 valence electrons. The van der Waals surface area contributed by atoms with E-state index in [2.05, 4.69) is 25.3 Å². The van der Waals surface area contributed by atoms with Crippen LogP contribution >= 0.6 is 24.0 Å². The van der Waals surface area contributed by atoms with Crippen LogP contribution in [0.3, 0.4) is 0 Å². The van der Waals surface area contributed by atoms with Crippen LogP contribution in [-0.2, 0) is 13.1 Å². The third-order valence-electron chi connectivity index (χ3n) is 3.91. The van der Waals surface area contributed by atoms with Crippen molar-refractivity contribution < 1.29 is 27.7 Å². The predicted octanol–water partition coefficient (Wildman–Crippen LogP) is 2.90. The largest absolute Gasteiger partial charge is 0.481 e. The SMILES string of the molecule is CN=C(NCc1ccnc(OC)c1)NCc1cc2c(cc1OC(F)F)OCO2.I. The molecule has 0 unspecified atom stereocenters. The molecule has 0 fully saturated rings. The molecule has 8 nitrogen and oxygen atoms in total. The summed E-state index contributed by atoms with van der Waals surface area (Å²) in [5, 5.41) is 6.19. The highest BCUT2D eigenvalue weighted by molar-refractivity contribution is 14.0. The smallest absolute Gasteiger partial charge is 0.387 e. The van der Waals surface area contributed by atoms with Gasteiger partial charge in [-0.05, 0) is 17.7 Å². The molecule has 0 atom stereocenters. The summed E-state index contributed by atoms with van der Waals surface area (Å²) in [4.78, 5) is 8.18. The Labute approximate surface area is 183 Å². The number of aromatic nitrogens is 1. The first-order valence-corrected chi connectivity index (χ1v) is 8.40. The van der Waals surface area contributed by atoms with Gasteiger partial charge in [0.05, 0.1) is 7.11 Å². The normalized spacial score (nSPS) is 12.4. The zero-order chi connectivity index (χ0) is 19.9. The van der Waals surface area contributed by atoms with Crippen molar-refractivity contribution in [3.05, 3.63) is 41.6 Å². The number of alkyl halides is 2. The lowest BCUT2D eigenvalue weighted by Gasteiger charge is -2.15. The number of pyridine rings is 1. The van der Waals surface area contributed by atoms with E-state index in [-0.39, 0.29) is 43.1 Å². The highest BCUT2D eigenvalue weighted by atomic mass is 127. The van der Waals surface area contributed by atoms with Gasteiger partial charge in [-0.15, -0.1) is 24.0 Å². The quantitative estimate of drug-likeness (QED) is 0.329. The monoisotopic (exact) mass is 522 g/mol. The lowest BCUT2D eigenvalue weighted by atomic mass is 10.1. The molecule has 2 N–H and O–H groups in total. The molecule has 0 aliphatic carbocycles. The van der Waals surface area contributed by atoms with E-state index < -0.39 is 6.61 Å². The summed E-state index contributed by atoms with van der Waals surface area (Å²) in [5.74, 6) is 1.85. The molecule has 29 heavy (non-hydrogen) atoms. The second-order valence-corrected chi connectivity index (χ2v) is 5.68. The number of rotatable bonds is 7. The third kappa shape index (κ3) is 6.21. The fraction of sp³-hybridized carbons (Fsp3) is 0.333. The number of fused-ring (bicyclic) bond motifs is 1. The van der Waals surface area contributed by atoms with E-state index >= 15 is 0 Å². The summed E-state index contributed by atoms with van der Waals surface area (Å²) in [6.45, 7) is -2.24. The van der Waals surface area contributed by atoms with Crippen molar-refractivity contribution in [3.63, 3.8) is 0 Å². The Balaban J connectivity index is 0.00000300. The molecule has 1 aliphatic heterocycles. The Bertz CT molecular complexity index is 855. The summed E-state index contributed by atoms with van der Waals surface area (Å²) in [6.07, 6.45) is 1.65. The number of hydrogen-bond donors (Lipinski definition) is 2. The van der Waals surface area contributed by atoms with Crippen LogP contribution in [0.2, 0.25) is 0 Å². The molecule has 1 aromatic carbocycles. The van der Waals surface area contributed by atoms with Crippen LogP contribution in [0.15, 0.2) is 35.5 Å². The number of halogens is 3. The molecule has 0 saturated carbocycles. The number of ether oxygens (including phenoxy) is 4. The molecule has 0 bridgehead atoms. The second kappa shape index (κ2) is 10.8. The fourth-order valence-electron chi connectivity index (χ4n) is 2.57. The van der Waals surface area contributed by atoms with E-state index in [1.54, 1.807) is 32.5 Å². The number of nitrogens with zero attached hydrogens (tertiary/aromatic N) is 2. The average molecular weight is 522 g/mol. The Morgan fingerprint density at radius 3 is 2.62 bits per heavy atom. The Morgan fingerprint density at radius 1 is 1.21 bits per heavy atom. The van der Waals surface area contributed by atoms with E-state index in [1.807, 2.05) is 6.07 Å². The van der Waals surface area contributed by atoms with Crippen molar-refractivity contribution in [1.82, 2.24) is 15.6 Å². The molecule has 0 spiro atoms. The zero-order valence-electron chi connectivity index (χ0n) is 15.8. The summed E-state index contributed by atoms with van der Waals surface area (Å²) in [7, 11) is 3.16. The first-order valence-electron chi connectivity index (χ1n) is 8.40. The highest BCUT2D eigenvalue weighted by Crippen LogP contribution is 2.38. The average Bonchev–Trinajstić information content (AvgIpc) is 3.15. The zero-order valence-corrected chi connectivity index (χ0v) is 18.1. The van der Waals surface area contributed by atoms with Crippen molar-refractivity contribution in [3.8, 4) is 23.1 Å². The van der Waals surface area contributed by atoms with Gasteiger partial charge in [-0.25, -0.2) is 4.98 Å². The van der Waals surface area contributed by atoms with Crippen LogP contribution in [0, 0.1) is 0 Å². The van der Waals surface area contributed by atoms with E-state index in [4.69, 9.17) is 14.2 Å². The standard InChI is InChI=1S/C18H20F2N4O4.HI/c1-21-18(23-8-11-3-4-22-16(5-11)25-2)24-9-12-6-14-15(27-10-26-14)7-13(12)28-17(19)20;/h3-7,17H,8-10H2,1-2H3,(H2,21,23,24);1H. The van der Waals surface area contributed by atoms with Gasteiger partial charge in [0.15, 0.2) is 17.5 Å². The van der Waals surface area contributed by atoms with Gasteiger partial charge in [0.25, 0.3) is 0 Å². The maximum Gasteiger partial charge on any atom is 0.387 e. The van der Waals surface area contributed by atoms with Crippen molar-refractivity contribution in [2.75, 3.05) is 21.0 Å². The van der Waals surface area contributed by atoms with Gasteiger partial charge in [-0.2, -0.15) is 8.78 Å². The van der Waals surface area contributed by atoms with Crippen LogP contribution in [-0.4, -0.2) is 38.5 Å². The third-order valence-corrected chi connectivity index (χ3v) is 3.91. The molecular formula is C18H21F2IN4O4. The van der Waals surface area contributed by atoms with Gasteiger partial charge < -0.3 is 29.6 Å². The molecule has 2 aromatic rings. The molecule has 2 heterocycles.